The maximum Gasteiger partial charge on any atom is 0.203 e. The molecule has 0 aliphatic carbocycles. The van der Waals surface area contributed by atoms with E-state index in [-0.39, 0.29) is 0 Å². The summed E-state index contributed by atoms with van der Waals surface area (Å²) in [6, 6.07) is 9.34. The standard InChI is InChI=1S/C15H19NO4/c1-17-13-6-3-7-14(18-2)15(13)20-10-8-16-11-12-5-4-9-19-12/h3-7,9,16H,8,10-11H2,1-2H3. The fraction of sp³-hybridized carbons (Fsp3) is 0.333. The van der Waals surface area contributed by atoms with Crippen LogP contribution in [-0.2, 0) is 6.54 Å². The zero-order valence-corrected chi connectivity index (χ0v) is 11.7. The molecule has 108 valence electrons. The lowest BCUT2D eigenvalue weighted by atomic mass is 10.3. The molecule has 0 aliphatic heterocycles. The van der Waals surface area contributed by atoms with Crippen molar-refractivity contribution in [2.75, 3.05) is 27.4 Å². The van der Waals surface area contributed by atoms with Gasteiger partial charge in [0.25, 0.3) is 0 Å². The fourth-order valence-electron chi connectivity index (χ4n) is 1.81. The fourth-order valence-corrected chi connectivity index (χ4v) is 1.81. The Morgan fingerprint density at radius 2 is 1.80 bits per heavy atom. The SMILES string of the molecule is COc1cccc(OC)c1OCCNCc1ccco1. The molecule has 0 amide bonds. The van der Waals surface area contributed by atoms with Crippen molar-refractivity contribution in [2.45, 2.75) is 6.54 Å². The Hall–Kier alpha value is -2.14. The molecule has 1 aromatic heterocycles. The van der Waals surface area contributed by atoms with Gasteiger partial charge in [0.2, 0.25) is 5.75 Å². The van der Waals surface area contributed by atoms with Crippen LogP contribution in [0.2, 0.25) is 0 Å². The van der Waals surface area contributed by atoms with Gasteiger partial charge in [-0.2, -0.15) is 0 Å². The highest BCUT2D eigenvalue weighted by molar-refractivity contribution is 5.51. The summed E-state index contributed by atoms with van der Waals surface area (Å²) in [6.07, 6.45) is 1.66. The molecule has 20 heavy (non-hydrogen) atoms. The van der Waals surface area contributed by atoms with E-state index in [1.807, 2.05) is 30.3 Å². The van der Waals surface area contributed by atoms with Gasteiger partial charge in [-0.15, -0.1) is 0 Å². The lowest BCUT2D eigenvalue weighted by Crippen LogP contribution is -2.20. The Labute approximate surface area is 118 Å². The molecule has 0 unspecified atom stereocenters. The summed E-state index contributed by atoms with van der Waals surface area (Å²) in [6.45, 7) is 1.89. The predicted molar refractivity (Wildman–Crippen MR) is 75.5 cm³/mol. The van der Waals surface area contributed by atoms with Crippen LogP contribution in [0.4, 0.5) is 0 Å². The maximum atomic E-state index is 5.73. The summed E-state index contributed by atoms with van der Waals surface area (Å²) < 4.78 is 21.5. The van der Waals surface area contributed by atoms with E-state index < -0.39 is 0 Å². The van der Waals surface area contributed by atoms with E-state index in [0.717, 1.165) is 5.76 Å². The molecule has 5 nitrogen and oxygen atoms in total. The molecule has 0 bridgehead atoms. The molecule has 5 heteroatoms. The summed E-state index contributed by atoms with van der Waals surface area (Å²) >= 11 is 0. The lowest BCUT2D eigenvalue weighted by molar-refractivity contribution is 0.272. The highest BCUT2D eigenvalue weighted by Gasteiger charge is 2.10. The minimum atomic E-state index is 0.511. The number of nitrogens with one attached hydrogen (secondary N) is 1. The molecule has 0 saturated heterocycles. The van der Waals surface area contributed by atoms with Gasteiger partial charge in [0, 0.05) is 6.54 Å². The minimum absolute atomic E-state index is 0.511. The number of rotatable bonds is 8. The molecule has 2 aromatic rings. The second-order valence-electron chi connectivity index (χ2n) is 4.10. The predicted octanol–water partition coefficient (Wildman–Crippen LogP) is 2.47. The second kappa shape index (κ2) is 7.45. The van der Waals surface area contributed by atoms with Gasteiger partial charge in [0.1, 0.15) is 12.4 Å². The first-order chi connectivity index (χ1) is 9.85. The summed E-state index contributed by atoms with van der Waals surface area (Å²) in [7, 11) is 3.22. The van der Waals surface area contributed by atoms with Crippen molar-refractivity contribution in [2.24, 2.45) is 0 Å². The van der Waals surface area contributed by atoms with Crippen molar-refractivity contribution < 1.29 is 18.6 Å². The third-order valence-corrected chi connectivity index (χ3v) is 2.79. The van der Waals surface area contributed by atoms with E-state index in [0.29, 0.717) is 36.9 Å². The number of furan rings is 1. The van der Waals surface area contributed by atoms with Crippen LogP contribution in [0.1, 0.15) is 5.76 Å². The molecule has 0 spiro atoms. The van der Waals surface area contributed by atoms with Crippen molar-refractivity contribution in [3.8, 4) is 17.2 Å². The highest BCUT2D eigenvalue weighted by atomic mass is 16.5. The zero-order valence-electron chi connectivity index (χ0n) is 11.7. The van der Waals surface area contributed by atoms with E-state index >= 15 is 0 Å². The molecular formula is C15H19NO4. The van der Waals surface area contributed by atoms with Crippen LogP contribution in [0.5, 0.6) is 17.2 Å². The average molecular weight is 277 g/mol. The average Bonchev–Trinajstić information content (AvgIpc) is 3.00. The van der Waals surface area contributed by atoms with Gasteiger partial charge >= 0.3 is 0 Å². The smallest absolute Gasteiger partial charge is 0.203 e. The van der Waals surface area contributed by atoms with Crippen LogP contribution in [0, 0.1) is 0 Å². The Kier molecular flexibility index (Phi) is 5.32. The van der Waals surface area contributed by atoms with E-state index in [2.05, 4.69) is 5.32 Å². The monoisotopic (exact) mass is 277 g/mol. The van der Waals surface area contributed by atoms with E-state index in [4.69, 9.17) is 18.6 Å². The first kappa shape index (κ1) is 14.3. The molecule has 1 heterocycles. The van der Waals surface area contributed by atoms with Crippen molar-refractivity contribution >= 4 is 0 Å². The number of ether oxygens (including phenoxy) is 3. The third kappa shape index (κ3) is 3.68. The Balaban J connectivity index is 1.81. The van der Waals surface area contributed by atoms with Crippen molar-refractivity contribution in [3.05, 3.63) is 42.4 Å². The Morgan fingerprint density at radius 3 is 2.40 bits per heavy atom. The van der Waals surface area contributed by atoms with Crippen LogP contribution < -0.4 is 19.5 Å². The number of hydrogen-bond acceptors (Lipinski definition) is 5. The van der Waals surface area contributed by atoms with Gasteiger partial charge in [-0.25, -0.2) is 0 Å². The van der Waals surface area contributed by atoms with Crippen LogP contribution in [0.15, 0.2) is 41.0 Å². The summed E-state index contributed by atoms with van der Waals surface area (Å²) in [5.74, 6) is 2.85. The van der Waals surface area contributed by atoms with Crippen LogP contribution >= 0.6 is 0 Å². The third-order valence-electron chi connectivity index (χ3n) is 2.79. The topological polar surface area (TPSA) is 52.9 Å². The lowest BCUT2D eigenvalue weighted by Gasteiger charge is -2.14. The molecule has 0 saturated carbocycles. The van der Waals surface area contributed by atoms with Gasteiger partial charge in [0.15, 0.2) is 11.5 Å². The van der Waals surface area contributed by atoms with Gasteiger partial charge in [-0.3, -0.25) is 0 Å². The van der Waals surface area contributed by atoms with Crippen molar-refractivity contribution in [1.29, 1.82) is 0 Å². The van der Waals surface area contributed by atoms with E-state index in [1.54, 1.807) is 20.5 Å². The van der Waals surface area contributed by atoms with Crippen molar-refractivity contribution in [1.82, 2.24) is 5.32 Å². The van der Waals surface area contributed by atoms with E-state index in [9.17, 15) is 0 Å². The van der Waals surface area contributed by atoms with Gasteiger partial charge in [0.05, 0.1) is 27.0 Å². The number of benzene rings is 1. The minimum Gasteiger partial charge on any atom is -0.493 e. The molecule has 1 N–H and O–H groups in total. The first-order valence-electron chi connectivity index (χ1n) is 6.42. The van der Waals surface area contributed by atoms with Gasteiger partial charge < -0.3 is 23.9 Å². The summed E-state index contributed by atoms with van der Waals surface area (Å²) in [5.41, 5.74) is 0. The number of para-hydroxylation sites is 1. The maximum absolute atomic E-state index is 5.73. The zero-order chi connectivity index (χ0) is 14.2. The Bertz CT molecular complexity index is 488. The summed E-state index contributed by atoms with van der Waals surface area (Å²) in [5, 5.41) is 3.23. The van der Waals surface area contributed by atoms with Crippen LogP contribution in [0.25, 0.3) is 0 Å². The van der Waals surface area contributed by atoms with Gasteiger partial charge in [-0.1, -0.05) is 6.07 Å². The van der Waals surface area contributed by atoms with E-state index in [1.165, 1.54) is 0 Å². The van der Waals surface area contributed by atoms with Crippen molar-refractivity contribution in [3.63, 3.8) is 0 Å². The number of methoxy groups -OCH3 is 2. The quantitative estimate of drug-likeness (QED) is 0.751. The van der Waals surface area contributed by atoms with Crippen LogP contribution in [-0.4, -0.2) is 27.4 Å². The van der Waals surface area contributed by atoms with Gasteiger partial charge in [-0.05, 0) is 24.3 Å². The molecular weight excluding hydrogens is 258 g/mol. The van der Waals surface area contributed by atoms with Crippen LogP contribution in [0.3, 0.4) is 0 Å². The highest BCUT2D eigenvalue weighted by Crippen LogP contribution is 2.36. The first-order valence-corrected chi connectivity index (χ1v) is 6.42. The molecule has 0 aliphatic rings. The number of hydrogen-bond donors (Lipinski definition) is 1. The molecule has 0 fully saturated rings. The second-order valence-corrected chi connectivity index (χ2v) is 4.10. The molecule has 2 rings (SSSR count). The molecule has 0 atom stereocenters. The normalized spacial score (nSPS) is 10.3. The molecule has 1 aromatic carbocycles. The Morgan fingerprint density at radius 1 is 1.05 bits per heavy atom. The largest absolute Gasteiger partial charge is 0.493 e. The molecule has 0 radical (unpaired) electrons. The summed E-state index contributed by atoms with van der Waals surface area (Å²) in [4.78, 5) is 0.